The molecule has 0 saturated heterocycles. The molecule has 0 bridgehead atoms. The number of hydrogen-bond acceptors (Lipinski definition) is 2. The van der Waals surface area contributed by atoms with E-state index < -0.39 is 5.82 Å². The molecule has 1 aromatic rings. The number of nitrogens with two attached hydrogens (primary N) is 2. The minimum Gasteiger partial charge on any atom is -0.396 e. The molecule has 1 rings (SSSR count). The van der Waals surface area contributed by atoms with Crippen LogP contribution < -0.4 is 11.5 Å². The van der Waals surface area contributed by atoms with E-state index in [1.165, 1.54) is 12.1 Å². The molecule has 54 valence electrons. The van der Waals surface area contributed by atoms with Gasteiger partial charge >= 0.3 is 0 Å². The smallest absolute Gasteiger partial charge is 0.168 e. The van der Waals surface area contributed by atoms with Crippen molar-refractivity contribution in [2.24, 2.45) is 0 Å². The van der Waals surface area contributed by atoms with Crippen LogP contribution in [-0.4, -0.2) is 0 Å². The van der Waals surface area contributed by atoms with E-state index in [2.05, 4.69) is 0 Å². The Bertz CT molecular complexity index is 239. The van der Waals surface area contributed by atoms with Gasteiger partial charge in [-0.25, -0.2) is 4.39 Å². The monoisotopic (exact) mass is 252 g/mol. The van der Waals surface area contributed by atoms with Gasteiger partial charge in [0.15, 0.2) is 5.82 Å². The molecule has 0 aliphatic heterocycles. The third-order valence-electron chi connectivity index (χ3n) is 1.09. The van der Waals surface area contributed by atoms with E-state index in [1.54, 1.807) is 0 Å². The molecule has 0 unspecified atom stereocenters. The van der Waals surface area contributed by atoms with Gasteiger partial charge in [0, 0.05) is 3.57 Å². The van der Waals surface area contributed by atoms with Crippen molar-refractivity contribution in [2.45, 2.75) is 0 Å². The number of anilines is 2. The van der Waals surface area contributed by atoms with E-state index in [1.807, 2.05) is 22.6 Å². The summed E-state index contributed by atoms with van der Waals surface area (Å²) in [7, 11) is 0. The molecule has 0 spiro atoms. The maximum Gasteiger partial charge on any atom is 0.168 e. The summed E-state index contributed by atoms with van der Waals surface area (Å²) in [6.45, 7) is 0. The lowest BCUT2D eigenvalue weighted by atomic mass is 10.3. The number of nitrogen functional groups attached to an aromatic ring is 2. The average Bonchev–Trinajstić information content (AvgIpc) is 1.82. The molecule has 0 fully saturated rings. The molecule has 0 heterocycles. The summed E-state index contributed by atoms with van der Waals surface area (Å²) in [5, 5.41) is 0. The van der Waals surface area contributed by atoms with Crippen LogP contribution in [0.2, 0.25) is 0 Å². The van der Waals surface area contributed by atoms with E-state index in [-0.39, 0.29) is 11.4 Å². The Kier molecular flexibility index (Phi) is 1.98. The summed E-state index contributed by atoms with van der Waals surface area (Å²) in [6, 6.07) is 3.07. The Balaban J connectivity index is 3.31. The summed E-state index contributed by atoms with van der Waals surface area (Å²) in [5.74, 6) is -0.527. The Morgan fingerprint density at radius 3 is 2.00 bits per heavy atom. The second-order valence-electron chi connectivity index (χ2n) is 1.90. The van der Waals surface area contributed by atoms with Crippen molar-refractivity contribution in [3.63, 3.8) is 0 Å². The van der Waals surface area contributed by atoms with Gasteiger partial charge in [-0.15, -0.1) is 0 Å². The van der Waals surface area contributed by atoms with Crippen molar-refractivity contribution in [3.8, 4) is 0 Å². The summed E-state index contributed by atoms with van der Waals surface area (Å²) < 4.78 is 13.5. The normalized spacial score (nSPS) is 9.80. The van der Waals surface area contributed by atoms with Crippen molar-refractivity contribution in [1.29, 1.82) is 0 Å². The lowest BCUT2D eigenvalue weighted by molar-refractivity contribution is 0.637. The fourth-order valence-corrected chi connectivity index (χ4v) is 1.30. The predicted octanol–water partition coefficient (Wildman–Crippen LogP) is 1.59. The maximum absolute atomic E-state index is 12.7. The van der Waals surface area contributed by atoms with Crippen LogP contribution in [0.25, 0.3) is 0 Å². The second kappa shape index (κ2) is 2.61. The largest absolute Gasteiger partial charge is 0.396 e. The Morgan fingerprint density at radius 1 is 1.20 bits per heavy atom. The average molecular weight is 252 g/mol. The Morgan fingerprint density at radius 2 is 1.60 bits per heavy atom. The molecule has 2 nitrogen and oxygen atoms in total. The first-order valence-corrected chi connectivity index (χ1v) is 3.69. The fourth-order valence-electron chi connectivity index (χ4n) is 0.632. The molecular formula is C6H6FIN2. The van der Waals surface area contributed by atoms with Crippen LogP contribution in [-0.2, 0) is 0 Å². The lowest BCUT2D eigenvalue weighted by Crippen LogP contribution is -1.97. The first-order chi connectivity index (χ1) is 4.61. The fraction of sp³-hybridized carbons (Fsp3) is 0. The van der Waals surface area contributed by atoms with Gasteiger partial charge in [0.2, 0.25) is 0 Å². The summed E-state index contributed by atoms with van der Waals surface area (Å²) in [4.78, 5) is 0. The van der Waals surface area contributed by atoms with Gasteiger partial charge in [0.1, 0.15) is 0 Å². The SMILES string of the molecule is Nc1cc(I)cc(N)c1F. The Labute approximate surface area is 71.5 Å². The summed E-state index contributed by atoms with van der Waals surface area (Å²) in [6.07, 6.45) is 0. The summed E-state index contributed by atoms with van der Waals surface area (Å²) >= 11 is 2.02. The van der Waals surface area contributed by atoms with E-state index in [0.29, 0.717) is 0 Å². The van der Waals surface area contributed by atoms with Crippen molar-refractivity contribution in [1.82, 2.24) is 0 Å². The highest BCUT2D eigenvalue weighted by Gasteiger charge is 2.02. The van der Waals surface area contributed by atoms with Gasteiger partial charge in [-0.2, -0.15) is 0 Å². The van der Waals surface area contributed by atoms with Gasteiger partial charge in [0.25, 0.3) is 0 Å². The molecular weight excluding hydrogens is 246 g/mol. The second-order valence-corrected chi connectivity index (χ2v) is 3.14. The van der Waals surface area contributed by atoms with Gasteiger partial charge in [-0.3, -0.25) is 0 Å². The first-order valence-electron chi connectivity index (χ1n) is 2.61. The highest BCUT2D eigenvalue weighted by Crippen LogP contribution is 2.20. The molecule has 0 atom stereocenters. The van der Waals surface area contributed by atoms with Crippen molar-refractivity contribution >= 4 is 34.0 Å². The third-order valence-corrected chi connectivity index (χ3v) is 1.72. The highest BCUT2D eigenvalue weighted by molar-refractivity contribution is 14.1. The molecule has 0 amide bonds. The van der Waals surface area contributed by atoms with Crippen molar-refractivity contribution in [3.05, 3.63) is 21.5 Å². The summed E-state index contributed by atoms with van der Waals surface area (Å²) in [5.41, 5.74) is 10.7. The van der Waals surface area contributed by atoms with Gasteiger partial charge in [-0.05, 0) is 34.7 Å². The van der Waals surface area contributed by atoms with E-state index in [4.69, 9.17) is 11.5 Å². The standard InChI is InChI=1S/C6H6FIN2/c7-6-4(9)1-3(8)2-5(6)10/h1-2H,9-10H2. The van der Waals surface area contributed by atoms with E-state index >= 15 is 0 Å². The van der Waals surface area contributed by atoms with E-state index in [0.717, 1.165) is 3.57 Å². The molecule has 0 aliphatic rings. The molecule has 0 radical (unpaired) electrons. The van der Waals surface area contributed by atoms with Crippen LogP contribution in [0.5, 0.6) is 0 Å². The zero-order chi connectivity index (χ0) is 7.72. The number of hydrogen-bond donors (Lipinski definition) is 2. The third kappa shape index (κ3) is 1.31. The van der Waals surface area contributed by atoms with Crippen LogP contribution in [0, 0.1) is 9.39 Å². The van der Waals surface area contributed by atoms with Gasteiger partial charge in [-0.1, -0.05) is 0 Å². The van der Waals surface area contributed by atoms with Crippen LogP contribution in [0.4, 0.5) is 15.8 Å². The minimum atomic E-state index is -0.527. The van der Waals surface area contributed by atoms with Gasteiger partial charge < -0.3 is 11.5 Å². The lowest BCUT2D eigenvalue weighted by Gasteiger charge is -2.00. The zero-order valence-electron chi connectivity index (χ0n) is 5.07. The molecule has 4 N–H and O–H groups in total. The maximum atomic E-state index is 12.7. The van der Waals surface area contributed by atoms with Crippen LogP contribution in [0.1, 0.15) is 0 Å². The first kappa shape index (κ1) is 7.59. The molecule has 10 heavy (non-hydrogen) atoms. The topological polar surface area (TPSA) is 52.0 Å². The van der Waals surface area contributed by atoms with E-state index in [9.17, 15) is 4.39 Å². The van der Waals surface area contributed by atoms with Crippen molar-refractivity contribution < 1.29 is 4.39 Å². The Hall–Kier alpha value is -0.520. The van der Waals surface area contributed by atoms with Crippen LogP contribution >= 0.6 is 22.6 Å². The predicted molar refractivity (Wildman–Crippen MR) is 47.9 cm³/mol. The van der Waals surface area contributed by atoms with Crippen molar-refractivity contribution in [2.75, 3.05) is 11.5 Å². The zero-order valence-corrected chi connectivity index (χ0v) is 7.22. The minimum absolute atomic E-state index is 0.101. The number of rotatable bonds is 0. The van der Waals surface area contributed by atoms with Gasteiger partial charge in [0.05, 0.1) is 11.4 Å². The molecule has 0 aromatic heterocycles. The van der Waals surface area contributed by atoms with Crippen LogP contribution in [0.15, 0.2) is 12.1 Å². The molecule has 1 aromatic carbocycles. The quantitative estimate of drug-likeness (QED) is 0.544. The number of benzene rings is 1. The van der Waals surface area contributed by atoms with Crippen LogP contribution in [0.3, 0.4) is 0 Å². The molecule has 0 aliphatic carbocycles. The highest BCUT2D eigenvalue weighted by atomic mass is 127. The number of halogens is 2. The molecule has 0 saturated carbocycles. The molecule has 4 heteroatoms.